The molecule has 0 radical (unpaired) electrons. The van der Waals surface area contributed by atoms with Gasteiger partial charge in [0, 0.05) is 16.0 Å². The first-order valence-corrected chi connectivity index (χ1v) is 6.67. The van der Waals surface area contributed by atoms with Gasteiger partial charge in [-0.3, -0.25) is 0 Å². The van der Waals surface area contributed by atoms with Crippen LogP contribution in [0.4, 0.5) is 0 Å². The molecule has 0 unspecified atom stereocenters. The van der Waals surface area contributed by atoms with Crippen LogP contribution in [0.25, 0.3) is 10.8 Å². The Bertz CT molecular complexity index is 729. The van der Waals surface area contributed by atoms with Crippen LogP contribution in [-0.2, 0) is 0 Å². The minimum Gasteiger partial charge on any atom is -0.504 e. The van der Waals surface area contributed by atoms with Gasteiger partial charge in [0.15, 0.2) is 11.5 Å². The summed E-state index contributed by atoms with van der Waals surface area (Å²) in [5, 5.41) is 11.9. The summed E-state index contributed by atoms with van der Waals surface area (Å²) < 4.78 is 6.42. The predicted octanol–water partition coefficient (Wildman–Crippen LogP) is 3.73. The third-order valence-corrected chi connectivity index (χ3v) is 3.18. The van der Waals surface area contributed by atoms with Gasteiger partial charge >= 0.3 is 6.01 Å². The van der Waals surface area contributed by atoms with Crippen molar-refractivity contribution < 1.29 is 9.84 Å². The van der Waals surface area contributed by atoms with Crippen LogP contribution < -0.4 is 4.74 Å². The summed E-state index contributed by atoms with van der Waals surface area (Å²) in [5.41, 5.74) is 0. The third kappa shape index (κ3) is 2.60. The number of phenols is 1. The lowest BCUT2D eigenvalue weighted by Gasteiger charge is -2.07. The van der Waals surface area contributed by atoms with Crippen molar-refractivity contribution >= 4 is 33.4 Å². The maximum absolute atomic E-state index is 9.94. The van der Waals surface area contributed by atoms with Crippen LogP contribution in [0.5, 0.6) is 17.5 Å². The first kappa shape index (κ1) is 12.2. The second kappa shape index (κ2) is 5.00. The Labute approximate surface area is 123 Å². The van der Waals surface area contributed by atoms with Crippen molar-refractivity contribution in [3.05, 3.63) is 52.4 Å². The van der Waals surface area contributed by atoms with Crippen LogP contribution in [0.1, 0.15) is 0 Å². The fourth-order valence-corrected chi connectivity index (χ4v) is 2.02. The zero-order valence-electron chi connectivity index (χ0n) is 9.75. The second-order valence-corrected chi connectivity index (χ2v) is 5.20. The van der Waals surface area contributed by atoms with E-state index in [4.69, 9.17) is 4.74 Å². The Morgan fingerprint density at radius 1 is 1.00 bits per heavy atom. The van der Waals surface area contributed by atoms with E-state index in [2.05, 4.69) is 32.6 Å². The number of benzene rings is 2. The number of aromatic nitrogens is 2. The van der Waals surface area contributed by atoms with E-state index in [1.54, 1.807) is 24.5 Å². The van der Waals surface area contributed by atoms with Crippen LogP contribution in [0.15, 0.2) is 48.8 Å². The average molecular weight is 364 g/mol. The van der Waals surface area contributed by atoms with Gasteiger partial charge in [0.05, 0.1) is 0 Å². The van der Waals surface area contributed by atoms with Gasteiger partial charge in [0.25, 0.3) is 0 Å². The molecule has 1 heterocycles. The number of halogens is 1. The van der Waals surface area contributed by atoms with Crippen LogP contribution in [0.3, 0.4) is 0 Å². The maximum Gasteiger partial charge on any atom is 0.322 e. The van der Waals surface area contributed by atoms with E-state index in [1.165, 1.54) is 0 Å². The van der Waals surface area contributed by atoms with E-state index in [9.17, 15) is 5.11 Å². The number of nitrogens with zero attached hydrogens (tertiary/aromatic N) is 2. The average Bonchev–Trinajstić information content (AvgIpc) is 2.42. The minimum absolute atomic E-state index is 0.0702. The van der Waals surface area contributed by atoms with Crippen LogP contribution in [0, 0.1) is 3.57 Å². The fraction of sp³-hybridized carbons (Fsp3) is 0. The zero-order chi connectivity index (χ0) is 13.2. The number of hydrogen-bond donors (Lipinski definition) is 1. The Morgan fingerprint density at radius 2 is 1.63 bits per heavy atom. The fourth-order valence-electron chi connectivity index (χ4n) is 1.74. The van der Waals surface area contributed by atoms with E-state index in [-0.39, 0.29) is 11.8 Å². The van der Waals surface area contributed by atoms with Gasteiger partial charge in [-0.25, -0.2) is 9.97 Å². The monoisotopic (exact) mass is 364 g/mol. The molecule has 1 N–H and O–H groups in total. The Balaban J connectivity index is 2.00. The number of rotatable bonds is 2. The number of phenolic OH excluding ortho intramolecular Hbond substituents is 1. The van der Waals surface area contributed by atoms with Crippen LogP contribution in [0.2, 0.25) is 0 Å². The van der Waals surface area contributed by atoms with Crippen molar-refractivity contribution in [1.82, 2.24) is 9.97 Å². The molecule has 0 fully saturated rings. The topological polar surface area (TPSA) is 55.2 Å². The number of fused-ring (bicyclic) bond motifs is 1. The van der Waals surface area contributed by atoms with Crippen molar-refractivity contribution in [2.45, 2.75) is 0 Å². The Kier molecular flexibility index (Phi) is 3.20. The molecule has 3 aromatic rings. The normalized spacial score (nSPS) is 10.6. The molecule has 0 aliphatic rings. The third-order valence-electron chi connectivity index (χ3n) is 2.63. The lowest BCUT2D eigenvalue weighted by Crippen LogP contribution is -1.92. The molecule has 0 saturated heterocycles. The lowest BCUT2D eigenvalue weighted by molar-refractivity contribution is 0.393. The molecule has 4 nitrogen and oxygen atoms in total. The van der Waals surface area contributed by atoms with Gasteiger partial charge < -0.3 is 9.84 Å². The highest BCUT2D eigenvalue weighted by Gasteiger charge is 2.07. The molecule has 0 spiro atoms. The molecule has 0 atom stereocenters. The molecular formula is C14H9IN2O2. The van der Waals surface area contributed by atoms with Crippen molar-refractivity contribution in [2.24, 2.45) is 0 Å². The largest absolute Gasteiger partial charge is 0.504 e. The van der Waals surface area contributed by atoms with Gasteiger partial charge in [0.2, 0.25) is 0 Å². The molecule has 2 aromatic carbocycles. The second-order valence-electron chi connectivity index (χ2n) is 3.95. The first-order valence-electron chi connectivity index (χ1n) is 5.59. The van der Waals surface area contributed by atoms with Crippen molar-refractivity contribution in [3.8, 4) is 17.5 Å². The SMILES string of the molecule is Oc1cc2ccccc2cc1Oc1ncc(I)cn1. The van der Waals surface area contributed by atoms with Crippen molar-refractivity contribution in [3.63, 3.8) is 0 Å². The number of hydrogen-bond acceptors (Lipinski definition) is 4. The van der Waals surface area contributed by atoms with E-state index in [0.29, 0.717) is 5.75 Å². The van der Waals surface area contributed by atoms with Gasteiger partial charge in [-0.15, -0.1) is 0 Å². The molecule has 1 aromatic heterocycles. The smallest absolute Gasteiger partial charge is 0.322 e. The van der Waals surface area contributed by atoms with Gasteiger partial charge in [-0.1, -0.05) is 24.3 Å². The zero-order valence-corrected chi connectivity index (χ0v) is 11.9. The number of ether oxygens (including phenoxy) is 1. The maximum atomic E-state index is 9.94. The summed E-state index contributed by atoms with van der Waals surface area (Å²) in [6.07, 6.45) is 3.31. The highest BCUT2D eigenvalue weighted by atomic mass is 127. The molecule has 0 amide bonds. The number of aromatic hydroxyl groups is 1. The Hall–Kier alpha value is -1.89. The lowest BCUT2D eigenvalue weighted by atomic mass is 10.1. The molecule has 0 bridgehead atoms. The minimum atomic E-state index is 0.0702. The molecule has 0 aliphatic heterocycles. The molecule has 94 valence electrons. The quantitative estimate of drug-likeness (QED) is 0.704. The summed E-state index contributed by atoms with van der Waals surface area (Å²) in [6.45, 7) is 0. The summed E-state index contributed by atoms with van der Waals surface area (Å²) in [5.74, 6) is 0.417. The highest BCUT2D eigenvalue weighted by molar-refractivity contribution is 14.1. The summed E-state index contributed by atoms with van der Waals surface area (Å²) in [7, 11) is 0. The Morgan fingerprint density at radius 3 is 2.32 bits per heavy atom. The predicted molar refractivity (Wildman–Crippen MR) is 80.4 cm³/mol. The van der Waals surface area contributed by atoms with E-state index in [1.807, 2.05) is 24.3 Å². The van der Waals surface area contributed by atoms with Crippen molar-refractivity contribution in [1.29, 1.82) is 0 Å². The van der Waals surface area contributed by atoms with E-state index < -0.39 is 0 Å². The summed E-state index contributed by atoms with van der Waals surface area (Å²) >= 11 is 2.12. The van der Waals surface area contributed by atoms with E-state index in [0.717, 1.165) is 14.3 Å². The van der Waals surface area contributed by atoms with Gasteiger partial charge in [-0.2, -0.15) is 0 Å². The standard InChI is InChI=1S/C14H9IN2O2/c15-11-7-16-14(17-8-11)19-13-6-10-4-2-1-3-9(10)5-12(13)18/h1-8,18H. The van der Waals surface area contributed by atoms with Gasteiger partial charge in [-0.05, 0) is 45.5 Å². The van der Waals surface area contributed by atoms with E-state index >= 15 is 0 Å². The molecule has 5 heteroatoms. The summed E-state index contributed by atoms with van der Waals surface area (Å²) in [4.78, 5) is 8.09. The first-order chi connectivity index (χ1) is 9.22. The molecular weight excluding hydrogens is 355 g/mol. The molecule has 3 rings (SSSR count). The molecule has 0 saturated carbocycles. The van der Waals surface area contributed by atoms with Crippen LogP contribution in [-0.4, -0.2) is 15.1 Å². The van der Waals surface area contributed by atoms with Crippen molar-refractivity contribution in [2.75, 3.05) is 0 Å². The summed E-state index contributed by atoms with van der Waals surface area (Å²) in [6, 6.07) is 11.4. The molecule has 0 aliphatic carbocycles. The highest BCUT2D eigenvalue weighted by Crippen LogP contribution is 2.33. The molecule has 19 heavy (non-hydrogen) atoms. The van der Waals surface area contributed by atoms with Gasteiger partial charge in [0.1, 0.15) is 0 Å². The van der Waals surface area contributed by atoms with Crippen LogP contribution >= 0.6 is 22.6 Å².